The molecule has 73 heavy (non-hydrogen) atoms. The molecule has 23 nitrogen and oxygen atoms in total. The molecule has 4 saturated heterocycles. The molecule has 21 atom stereocenters. The van der Waals surface area contributed by atoms with Gasteiger partial charge in [-0.2, -0.15) is 0 Å². The molecule has 4 heterocycles. The first kappa shape index (κ1) is 56.5. The van der Waals surface area contributed by atoms with Gasteiger partial charge in [0, 0.05) is 58.1 Å². The fourth-order valence-electron chi connectivity index (χ4n) is 10.7. The van der Waals surface area contributed by atoms with Crippen molar-refractivity contribution < 1.29 is 112 Å². The van der Waals surface area contributed by atoms with E-state index in [-0.39, 0.29) is 65.3 Å². The van der Waals surface area contributed by atoms with Crippen molar-refractivity contribution in [3.05, 3.63) is 28.8 Å². The maximum Gasteiger partial charge on any atom is 0.303 e. The fourth-order valence-corrected chi connectivity index (χ4v) is 10.7. The van der Waals surface area contributed by atoms with Crippen molar-refractivity contribution in [2.45, 2.75) is 217 Å². The van der Waals surface area contributed by atoms with Gasteiger partial charge in [0.05, 0.1) is 59.8 Å². The molecule has 4 aliphatic heterocycles. The van der Waals surface area contributed by atoms with Crippen LogP contribution in [0.4, 0.5) is 0 Å². The number of methoxy groups -OCH3 is 1. The molecule has 0 amide bonds. The normalized spacial score (nSPS) is 38.2. The molecule has 7 rings (SSSR count). The van der Waals surface area contributed by atoms with Gasteiger partial charge in [-0.3, -0.25) is 19.2 Å². The average Bonchev–Trinajstić information content (AvgIpc) is 3.29. The van der Waals surface area contributed by atoms with Crippen molar-refractivity contribution in [2.75, 3.05) is 7.11 Å². The molecule has 4 fully saturated rings. The van der Waals surface area contributed by atoms with E-state index in [0.717, 1.165) is 0 Å². The van der Waals surface area contributed by atoms with Gasteiger partial charge in [-0.1, -0.05) is 0 Å². The van der Waals surface area contributed by atoms with Gasteiger partial charge in [0.15, 0.2) is 42.6 Å². The number of aliphatic hydroxyl groups excluding tert-OH is 5. The van der Waals surface area contributed by atoms with Crippen LogP contribution in [-0.2, 0) is 68.2 Å². The Morgan fingerprint density at radius 3 is 1.88 bits per heavy atom. The summed E-state index contributed by atoms with van der Waals surface area (Å²) in [5.74, 6) is -5.26. The SMILES string of the molecule is COC(C(=O)C(O)C(C)O)C1Cc2cc3cc(O[C@H]4C[C@@H](O)[C@@H](OC(C)=O)[C@@H](C)O4)c(C)c(O)c3c(O)c2C(=O)C1O[C@H]1C[C@@H](O[C@H]2C[C@@H](O[C@H]3C[C@](C)(O)[C@@H](OC(C)=O)[C@H](C)O3)[C@H](O)[C@@H](C)O2)[C@H](O)[C@@H](C)O1. The van der Waals surface area contributed by atoms with Crippen LogP contribution in [0.25, 0.3) is 10.8 Å². The number of rotatable bonds is 15. The summed E-state index contributed by atoms with van der Waals surface area (Å²) in [7, 11) is 1.18. The number of carbonyl (C=O) groups excluding carboxylic acids is 4. The first-order chi connectivity index (χ1) is 34.2. The second-order valence-electron chi connectivity index (χ2n) is 20.2. The minimum atomic E-state index is -1.94. The van der Waals surface area contributed by atoms with Gasteiger partial charge in [0.25, 0.3) is 0 Å². The summed E-state index contributed by atoms with van der Waals surface area (Å²) in [6, 6.07) is 3.00. The maximum atomic E-state index is 14.9. The van der Waals surface area contributed by atoms with Crippen molar-refractivity contribution in [3.63, 3.8) is 0 Å². The number of ether oxygens (including phenoxy) is 11. The zero-order valence-electron chi connectivity index (χ0n) is 42.4. The van der Waals surface area contributed by atoms with Crippen molar-refractivity contribution in [3.8, 4) is 17.2 Å². The lowest BCUT2D eigenvalue weighted by Gasteiger charge is -2.46. The topological polar surface area (TPSA) is 332 Å². The lowest BCUT2D eigenvalue weighted by Crippen LogP contribution is -2.59. The van der Waals surface area contributed by atoms with Gasteiger partial charge >= 0.3 is 11.9 Å². The van der Waals surface area contributed by atoms with Gasteiger partial charge in [-0.25, -0.2) is 0 Å². The number of esters is 2. The third kappa shape index (κ3) is 11.9. The Balaban J connectivity index is 1.14. The molecule has 23 heteroatoms. The molecule has 1 aliphatic carbocycles. The Labute approximate surface area is 421 Å². The number of benzene rings is 2. The molecule has 0 spiro atoms. The molecule has 5 unspecified atom stereocenters. The number of ketones is 2. The predicted octanol–water partition coefficient (Wildman–Crippen LogP) is 1.01. The summed E-state index contributed by atoms with van der Waals surface area (Å²) in [6.07, 6.45) is -23.0. The Morgan fingerprint density at radius 2 is 1.33 bits per heavy atom. The minimum absolute atomic E-state index is 0.0790. The molecule has 0 bridgehead atoms. The second kappa shape index (κ2) is 22.6. The molecule has 408 valence electrons. The van der Waals surface area contributed by atoms with Crippen LogP contribution in [0.3, 0.4) is 0 Å². The number of aliphatic hydroxyl groups is 6. The lowest BCUT2D eigenvalue weighted by molar-refractivity contribution is -0.334. The number of hydrogen-bond acceptors (Lipinski definition) is 23. The van der Waals surface area contributed by atoms with Gasteiger partial charge in [-0.15, -0.1) is 0 Å². The van der Waals surface area contributed by atoms with Crippen LogP contribution in [0.1, 0.15) is 103 Å². The largest absolute Gasteiger partial charge is 0.507 e. The van der Waals surface area contributed by atoms with Gasteiger partial charge in [0.1, 0.15) is 53.4 Å². The first-order valence-corrected chi connectivity index (χ1v) is 24.5. The number of aromatic hydroxyl groups is 2. The molecule has 8 N–H and O–H groups in total. The van der Waals surface area contributed by atoms with Crippen LogP contribution in [0.5, 0.6) is 17.2 Å². The quantitative estimate of drug-likeness (QED) is 0.115. The standard InChI is InChI=1S/C50H70O23/c1-18-30(70-33-14-29(54)46(22(5)66-33)68-24(7)52)13-27-11-26-12-28(47(63-10)45(61)40(56)19(2)51)48(44(60)38(26)43(59)37(27)39(18)55)73-35-16-31(41(57)21(4)65-35)71-34-15-32(42(58)20(3)64-34)72-36-17-50(9,62)49(23(6)67-36)69-25(8)53/h11,13,19-23,28-29,31-36,40-42,46-49,51,54-59,62H,12,14-17H2,1-10H3/t19?,20-,21-,22-,23+,28?,29-,31-,32-,33+,34+,35+,36+,40?,41-,42-,46+,47?,48?,49+,50+/m1/s1. The van der Waals surface area contributed by atoms with E-state index < -0.39 is 163 Å². The van der Waals surface area contributed by atoms with E-state index in [9.17, 15) is 60.0 Å². The van der Waals surface area contributed by atoms with Crippen LogP contribution >= 0.6 is 0 Å². The Bertz CT molecular complexity index is 2330. The van der Waals surface area contributed by atoms with Crippen LogP contribution in [-0.4, -0.2) is 194 Å². The van der Waals surface area contributed by atoms with E-state index >= 15 is 0 Å². The number of fused-ring (bicyclic) bond motifs is 2. The number of phenolic OH excluding ortho intramolecular Hbond substituents is 2. The molecule has 0 radical (unpaired) electrons. The van der Waals surface area contributed by atoms with Crippen LogP contribution in [0.2, 0.25) is 0 Å². The van der Waals surface area contributed by atoms with Crippen LogP contribution in [0.15, 0.2) is 12.1 Å². The van der Waals surface area contributed by atoms with Crippen molar-refractivity contribution >= 4 is 34.3 Å². The van der Waals surface area contributed by atoms with Gasteiger partial charge in [0.2, 0.25) is 6.29 Å². The first-order valence-electron chi connectivity index (χ1n) is 24.5. The van der Waals surface area contributed by atoms with Crippen molar-refractivity contribution in [1.82, 2.24) is 0 Å². The van der Waals surface area contributed by atoms with Crippen molar-refractivity contribution in [2.24, 2.45) is 5.92 Å². The Hall–Kier alpha value is -4.18. The zero-order valence-corrected chi connectivity index (χ0v) is 42.4. The second-order valence-corrected chi connectivity index (χ2v) is 20.2. The van der Waals surface area contributed by atoms with E-state index in [2.05, 4.69) is 0 Å². The maximum absolute atomic E-state index is 14.9. The van der Waals surface area contributed by atoms with E-state index in [1.165, 1.54) is 60.8 Å². The van der Waals surface area contributed by atoms with E-state index in [1.54, 1.807) is 20.8 Å². The number of carbonyl (C=O) groups is 4. The summed E-state index contributed by atoms with van der Waals surface area (Å²) in [6.45, 7) is 13.0. The lowest BCUT2D eigenvalue weighted by atomic mass is 9.75. The highest BCUT2D eigenvalue weighted by molar-refractivity contribution is 6.11. The molecule has 2 aromatic rings. The summed E-state index contributed by atoms with van der Waals surface area (Å²) < 4.78 is 65.2. The minimum Gasteiger partial charge on any atom is -0.507 e. The van der Waals surface area contributed by atoms with Crippen molar-refractivity contribution in [1.29, 1.82) is 0 Å². The van der Waals surface area contributed by atoms with Gasteiger partial charge in [-0.05, 0) is 78.0 Å². The summed E-state index contributed by atoms with van der Waals surface area (Å²) in [5, 5.41) is 89.2. The van der Waals surface area contributed by atoms with E-state index in [4.69, 9.17) is 52.1 Å². The van der Waals surface area contributed by atoms with E-state index in [1.807, 2.05) is 0 Å². The molecule has 0 saturated carbocycles. The third-order valence-corrected chi connectivity index (χ3v) is 14.4. The van der Waals surface area contributed by atoms with E-state index in [0.29, 0.717) is 0 Å². The average molecular weight is 1040 g/mol. The highest BCUT2D eigenvalue weighted by atomic mass is 16.7. The highest BCUT2D eigenvalue weighted by Gasteiger charge is 2.52. The number of hydrogen-bond donors (Lipinski definition) is 8. The number of Topliss-reactive ketones (excluding diaryl/α,β-unsaturated/α-hetero) is 2. The number of phenols is 2. The summed E-state index contributed by atoms with van der Waals surface area (Å²) >= 11 is 0. The van der Waals surface area contributed by atoms with Crippen LogP contribution in [0, 0.1) is 12.8 Å². The highest BCUT2D eigenvalue weighted by Crippen LogP contribution is 2.47. The Morgan fingerprint density at radius 1 is 0.767 bits per heavy atom. The predicted molar refractivity (Wildman–Crippen MR) is 248 cm³/mol. The summed E-state index contributed by atoms with van der Waals surface area (Å²) in [5.41, 5.74) is -1.47. The molecule has 5 aliphatic rings. The summed E-state index contributed by atoms with van der Waals surface area (Å²) in [4.78, 5) is 52.1. The zero-order chi connectivity index (χ0) is 53.7. The van der Waals surface area contributed by atoms with Gasteiger partial charge < -0.3 is 93.0 Å². The molecular formula is C50H70O23. The molecule has 0 aromatic heterocycles. The fraction of sp³-hybridized carbons (Fsp3) is 0.720. The monoisotopic (exact) mass is 1040 g/mol. The molecular weight excluding hydrogens is 969 g/mol. The Kier molecular flexibility index (Phi) is 17.5. The van der Waals surface area contributed by atoms with Crippen LogP contribution < -0.4 is 4.74 Å². The smallest absolute Gasteiger partial charge is 0.303 e. The third-order valence-electron chi connectivity index (χ3n) is 14.4. The molecule has 2 aromatic carbocycles.